The molecule has 2 saturated carbocycles. The molecule has 0 spiro atoms. The smallest absolute Gasteiger partial charge is 0.227 e. The Morgan fingerprint density at radius 2 is 2.04 bits per heavy atom. The van der Waals surface area contributed by atoms with Gasteiger partial charge < -0.3 is 9.67 Å². The Hall–Kier alpha value is -1.95. The number of anilines is 1. The van der Waals surface area contributed by atoms with Crippen LogP contribution in [0.4, 0.5) is 10.3 Å². The Morgan fingerprint density at radius 1 is 1.33 bits per heavy atom. The molecule has 1 amide bonds. The number of fused-ring (bicyclic) bond motifs is 1. The summed E-state index contributed by atoms with van der Waals surface area (Å²) in [5.41, 5.74) is 0.482. The minimum Gasteiger partial charge on any atom is -0.385 e. The number of aromatic nitrogens is 2. The fourth-order valence-corrected chi connectivity index (χ4v) is 3.98. The van der Waals surface area contributed by atoms with Gasteiger partial charge >= 0.3 is 0 Å². The fraction of sp³-hybridized carbons (Fsp3) is 0.619. The first kappa shape index (κ1) is 18.4. The van der Waals surface area contributed by atoms with Gasteiger partial charge in [-0.2, -0.15) is 0 Å². The van der Waals surface area contributed by atoms with Crippen LogP contribution in [0, 0.1) is 11.2 Å². The molecule has 2 aromatic rings. The van der Waals surface area contributed by atoms with Crippen molar-refractivity contribution in [1.29, 1.82) is 0 Å². The summed E-state index contributed by atoms with van der Waals surface area (Å²) in [4.78, 5) is 16.9. The van der Waals surface area contributed by atoms with Crippen LogP contribution < -0.4 is 5.32 Å². The van der Waals surface area contributed by atoms with E-state index in [1.165, 1.54) is 6.07 Å². The van der Waals surface area contributed by atoms with E-state index in [4.69, 9.17) is 0 Å². The van der Waals surface area contributed by atoms with Crippen LogP contribution in [0.1, 0.15) is 77.3 Å². The molecule has 6 heteroatoms. The molecule has 0 saturated heterocycles. The van der Waals surface area contributed by atoms with Crippen LogP contribution in [0.3, 0.4) is 0 Å². The topological polar surface area (TPSA) is 67.2 Å². The second kappa shape index (κ2) is 6.30. The number of benzene rings is 1. The first-order valence-corrected chi connectivity index (χ1v) is 9.90. The first-order valence-electron chi connectivity index (χ1n) is 9.90. The average Bonchev–Trinajstić information content (AvgIpc) is 2.80. The molecule has 1 heterocycles. The van der Waals surface area contributed by atoms with Crippen molar-refractivity contribution in [1.82, 2.24) is 9.55 Å². The van der Waals surface area contributed by atoms with Crippen LogP contribution in [0.2, 0.25) is 0 Å². The van der Waals surface area contributed by atoms with Gasteiger partial charge in [-0.15, -0.1) is 0 Å². The SMILES string of the molecule is CC(C)(C)CC(=O)Nc1nc2c(F)cc(C3(O)CCC3)cc2n1C1CCC1. The van der Waals surface area contributed by atoms with E-state index in [1.807, 2.05) is 31.4 Å². The maximum absolute atomic E-state index is 14.8. The number of carbonyl (C=O) groups is 1. The molecule has 1 aromatic heterocycles. The molecule has 2 N–H and O–H groups in total. The number of nitrogens with one attached hydrogen (secondary N) is 1. The van der Waals surface area contributed by atoms with Gasteiger partial charge in [-0.05, 0) is 61.6 Å². The quantitative estimate of drug-likeness (QED) is 0.820. The summed E-state index contributed by atoms with van der Waals surface area (Å²) < 4.78 is 16.8. The highest BCUT2D eigenvalue weighted by Gasteiger charge is 2.38. The second-order valence-corrected chi connectivity index (χ2v) is 9.39. The zero-order chi connectivity index (χ0) is 19.4. The molecule has 27 heavy (non-hydrogen) atoms. The van der Waals surface area contributed by atoms with Gasteiger partial charge in [0.05, 0.1) is 11.1 Å². The molecule has 0 aliphatic heterocycles. The molecule has 2 aliphatic rings. The highest BCUT2D eigenvalue weighted by atomic mass is 19.1. The number of halogens is 1. The lowest BCUT2D eigenvalue weighted by Crippen LogP contribution is -2.33. The van der Waals surface area contributed by atoms with E-state index < -0.39 is 11.4 Å². The number of rotatable bonds is 4. The Balaban J connectivity index is 1.77. The number of imidazole rings is 1. The monoisotopic (exact) mass is 373 g/mol. The van der Waals surface area contributed by atoms with Gasteiger partial charge in [-0.1, -0.05) is 20.8 Å². The van der Waals surface area contributed by atoms with E-state index in [0.29, 0.717) is 36.3 Å². The van der Waals surface area contributed by atoms with Crippen LogP contribution in [-0.2, 0) is 10.4 Å². The minimum atomic E-state index is -0.931. The van der Waals surface area contributed by atoms with Crippen molar-refractivity contribution in [3.05, 3.63) is 23.5 Å². The summed E-state index contributed by atoms with van der Waals surface area (Å²) in [7, 11) is 0. The van der Waals surface area contributed by atoms with Gasteiger partial charge in [0.15, 0.2) is 5.82 Å². The maximum atomic E-state index is 14.8. The predicted octanol–water partition coefficient (Wildman–Crippen LogP) is 4.65. The summed E-state index contributed by atoms with van der Waals surface area (Å²) in [6, 6.07) is 3.48. The lowest BCUT2D eigenvalue weighted by atomic mass is 9.75. The Kier molecular flexibility index (Phi) is 4.29. The number of aliphatic hydroxyl groups is 1. The lowest BCUT2D eigenvalue weighted by Gasteiger charge is -2.37. The zero-order valence-corrected chi connectivity index (χ0v) is 16.3. The minimum absolute atomic E-state index is 0.114. The van der Waals surface area contributed by atoms with Crippen molar-refractivity contribution < 1.29 is 14.3 Å². The van der Waals surface area contributed by atoms with Crippen molar-refractivity contribution in [3.8, 4) is 0 Å². The summed E-state index contributed by atoms with van der Waals surface area (Å²) in [6.45, 7) is 6.02. The normalized spacial score (nSPS) is 19.6. The van der Waals surface area contributed by atoms with E-state index >= 15 is 0 Å². The Labute approximate surface area is 159 Å². The number of carbonyl (C=O) groups excluding carboxylic acids is 1. The molecule has 1 aromatic carbocycles. The summed E-state index contributed by atoms with van der Waals surface area (Å²) >= 11 is 0. The molecule has 0 unspecified atom stereocenters. The molecule has 2 aliphatic carbocycles. The average molecular weight is 373 g/mol. The van der Waals surface area contributed by atoms with Crippen molar-refractivity contribution in [2.24, 2.45) is 5.41 Å². The van der Waals surface area contributed by atoms with E-state index in [-0.39, 0.29) is 22.9 Å². The molecular formula is C21H28FN3O2. The summed E-state index contributed by atoms with van der Waals surface area (Å²) in [6.07, 6.45) is 5.73. The van der Waals surface area contributed by atoms with Crippen LogP contribution in [0.15, 0.2) is 12.1 Å². The van der Waals surface area contributed by atoms with E-state index in [0.717, 1.165) is 25.7 Å². The highest BCUT2D eigenvalue weighted by Crippen LogP contribution is 2.44. The van der Waals surface area contributed by atoms with Crippen molar-refractivity contribution in [2.75, 3.05) is 5.32 Å². The van der Waals surface area contributed by atoms with E-state index in [2.05, 4.69) is 10.3 Å². The summed E-state index contributed by atoms with van der Waals surface area (Å²) in [5, 5.41) is 13.6. The third-order valence-corrected chi connectivity index (χ3v) is 5.85. The van der Waals surface area contributed by atoms with Crippen LogP contribution in [0.5, 0.6) is 0 Å². The van der Waals surface area contributed by atoms with Crippen molar-refractivity contribution in [2.45, 2.75) is 77.4 Å². The largest absolute Gasteiger partial charge is 0.385 e. The van der Waals surface area contributed by atoms with Gasteiger partial charge in [0.2, 0.25) is 11.9 Å². The zero-order valence-electron chi connectivity index (χ0n) is 16.3. The molecule has 146 valence electrons. The number of hydrogen-bond acceptors (Lipinski definition) is 3. The third kappa shape index (κ3) is 3.35. The number of amides is 1. The van der Waals surface area contributed by atoms with Crippen molar-refractivity contribution >= 4 is 22.9 Å². The molecule has 5 nitrogen and oxygen atoms in total. The van der Waals surface area contributed by atoms with Crippen molar-refractivity contribution in [3.63, 3.8) is 0 Å². The molecule has 4 rings (SSSR count). The van der Waals surface area contributed by atoms with E-state index in [1.54, 1.807) is 0 Å². The molecule has 0 radical (unpaired) electrons. The van der Waals surface area contributed by atoms with Gasteiger partial charge in [-0.3, -0.25) is 10.1 Å². The van der Waals surface area contributed by atoms with Gasteiger partial charge in [0, 0.05) is 12.5 Å². The lowest BCUT2D eigenvalue weighted by molar-refractivity contribution is -0.117. The standard InChI is InChI=1S/C21H28FN3O2/c1-20(2,3)12-17(26)23-19-24-18-15(22)10-13(21(27)8-5-9-21)11-16(18)25(19)14-6-4-7-14/h10-11,14,27H,4-9,12H2,1-3H3,(H,23,24,26). The summed E-state index contributed by atoms with van der Waals surface area (Å²) in [5.74, 6) is -0.135. The van der Waals surface area contributed by atoms with Crippen LogP contribution >= 0.6 is 0 Å². The van der Waals surface area contributed by atoms with Crippen LogP contribution in [0.25, 0.3) is 11.0 Å². The molecule has 0 atom stereocenters. The number of hydrogen-bond donors (Lipinski definition) is 2. The molecule has 2 fully saturated rings. The Morgan fingerprint density at radius 3 is 2.56 bits per heavy atom. The van der Waals surface area contributed by atoms with Gasteiger partial charge in [-0.25, -0.2) is 9.37 Å². The molecule has 0 bridgehead atoms. The number of nitrogens with zero attached hydrogens (tertiary/aromatic N) is 2. The second-order valence-electron chi connectivity index (χ2n) is 9.39. The molecular weight excluding hydrogens is 345 g/mol. The Bertz CT molecular complexity index is 889. The maximum Gasteiger partial charge on any atom is 0.227 e. The first-order chi connectivity index (χ1) is 12.7. The van der Waals surface area contributed by atoms with Crippen LogP contribution in [-0.4, -0.2) is 20.6 Å². The van der Waals surface area contributed by atoms with E-state index in [9.17, 15) is 14.3 Å². The fourth-order valence-electron chi connectivity index (χ4n) is 3.98. The third-order valence-electron chi connectivity index (χ3n) is 5.85. The predicted molar refractivity (Wildman–Crippen MR) is 103 cm³/mol. The van der Waals surface area contributed by atoms with Gasteiger partial charge in [0.25, 0.3) is 0 Å². The van der Waals surface area contributed by atoms with Gasteiger partial charge in [0.1, 0.15) is 5.52 Å². The highest BCUT2D eigenvalue weighted by molar-refractivity contribution is 5.92.